The molecule has 19 heavy (non-hydrogen) atoms. The number of anilines is 1. The number of aromatic nitrogens is 2. The molecule has 0 saturated carbocycles. The molecule has 0 saturated heterocycles. The molecule has 0 atom stereocenters. The van der Waals surface area contributed by atoms with Gasteiger partial charge in [-0.3, -0.25) is 4.57 Å². The number of nitrogens with two attached hydrogens (primary N) is 1. The molecule has 0 aliphatic rings. The molecular weight excluding hydrogens is 417 g/mol. The van der Waals surface area contributed by atoms with E-state index in [1.54, 1.807) is 0 Å². The van der Waals surface area contributed by atoms with Gasteiger partial charge in [-0.1, -0.05) is 6.07 Å². The van der Waals surface area contributed by atoms with Crippen LogP contribution in [0.1, 0.15) is 5.56 Å². The van der Waals surface area contributed by atoms with Crippen LogP contribution in [0, 0.1) is 10.5 Å². The topological polar surface area (TPSA) is 43.8 Å². The van der Waals surface area contributed by atoms with Crippen molar-refractivity contribution in [1.82, 2.24) is 9.55 Å². The molecule has 3 aromatic rings. The van der Waals surface area contributed by atoms with Gasteiger partial charge in [-0.2, -0.15) is 0 Å². The highest BCUT2D eigenvalue weighted by atomic mass is 127. The normalized spacial score (nSPS) is 11.1. The second kappa shape index (κ2) is 4.79. The van der Waals surface area contributed by atoms with Gasteiger partial charge in [-0.15, -0.1) is 0 Å². The molecule has 1 heterocycles. The maximum absolute atomic E-state index is 6.07. The standard InChI is InChI=1S/C14H11BrIN3/c1-8-2-4-12(10(15)6-8)19-13-5-3-9(16)7-11(13)18-14(19)17/h2-7H,1H3,(H2,17,18). The van der Waals surface area contributed by atoms with Crippen LogP contribution in [0.25, 0.3) is 16.7 Å². The lowest BCUT2D eigenvalue weighted by Gasteiger charge is -2.09. The Morgan fingerprint density at radius 1 is 1.21 bits per heavy atom. The molecule has 1 aromatic heterocycles. The van der Waals surface area contributed by atoms with Crippen LogP contribution >= 0.6 is 38.5 Å². The number of hydrogen-bond acceptors (Lipinski definition) is 2. The van der Waals surface area contributed by atoms with Gasteiger partial charge in [0, 0.05) is 8.04 Å². The molecule has 0 spiro atoms. The predicted octanol–water partition coefficient (Wildman–Crippen LogP) is 4.28. The van der Waals surface area contributed by atoms with Gasteiger partial charge in [0.15, 0.2) is 0 Å². The fourth-order valence-electron chi connectivity index (χ4n) is 2.12. The smallest absolute Gasteiger partial charge is 0.205 e. The molecule has 5 heteroatoms. The molecule has 2 aromatic carbocycles. The average Bonchev–Trinajstić information content (AvgIpc) is 2.65. The number of halogens is 2. The van der Waals surface area contributed by atoms with Crippen molar-refractivity contribution < 1.29 is 0 Å². The maximum atomic E-state index is 6.07. The van der Waals surface area contributed by atoms with Gasteiger partial charge in [0.05, 0.1) is 16.7 Å². The van der Waals surface area contributed by atoms with Crippen molar-refractivity contribution in [2.75, 3.05) is 5.73 Å². The fourth-order valence-corrected chi connectivity index (χ4v) is 3.26. The lowest BCUT2D eigenvalue weighted by molar-refractivity contribution is 1.10. The first-order chi connectivity index (χ1) is 9.06. The lowest BCUT2D eigenvalue weighted by Crippen LogP contribution is -2.01. The third-order valence-corrected chi connectivity index (χ3v) is 4.29. The first-order valence-electron chi connectivity index (χ1n) is 5.76. The molecule has 0 radical (unpaired) electrons. The summed E-state index contributed by atoms with van der Waals surface area (Å²) in [5.41, 5.74) is 10.2. The number of nitrogens with zero attached hydrogens (tertiary/aromatic N) is 2. The summed E-state index contributed by atoms with van der Waals surface area (Å²) in [6.07, 6.45) is 0. The average molecular weight is 428 g/mol. The van der Waals surface area contributed by atoms with E-state index < -0.39 is 0 Å². The summed E-state index contributed by atoms with van der Waals surface area (Å²) in [5.74, 6) is 0.501. The van der Waals surface area contributed by atoms with Crippen LogP contribution < -0.4 is 5.73 Å². The SMILES string of the molecule is Cc1ccc(-n2c(N)nc3cc(I)ccc32)c(Br)c1. The highest BCUT2D eigenvalue weighted by molar-refractivity contribution is 14.1. The second-order valence-corrected chi connectivity index (χ2v) is 6.49. The molecule has 3 rings (SSSR count). The van der Waals surface area contributed by atoms with Crippen LogP contribution in [0.2, 0.25) is 0 Å². The Morgan fingerprint density at radius 2 is 2.00 bits per heavy atom. The summed E-state index contributed by atoms with van der Waals surface area (Å²) < 4.78 is 4.13. The van der Waals surface area contributed by atoms with E-state index in [4.69, 9.17) is 5.73 Å². The molecule has 3 nitrogen and oxygen atoms in total. The zero-order valence-electron chi connectivity index (χ0n) is 10.2. The van der Waals surface area contributed by atoms with Crippen molar-refractivity contribution in [3.8, 4) is 5.69 Å². The van der Waals surface area contributed by atoms with Crippen LogP contribution in [0.5, 0.6) is 0 Å². The Kier molecular flexibility index (Phi) is 3.26. The Hall–Kier alpha value is -1.08. The van der Waals surface area contributed by atoms with Crippen LogP contribution in [-0.4, -0.2) is 9.55 Å². The molecule has 96 valence electrons. The molecule has 0 fully saturated rings. The maximum Gasteiger partial charge on any atom is 0.205 e. The summed E-state index contributed by atoms with van der Waals surface area (Å²) in [5, 5.41) is 0. The van der Waals surface area contributed by atoms with Crippen LogP contribution in [0.15, 0.2) is 40.9 Å². The first kappa shape index (κ1) is 12.9. The zero-order valence-corrected chi connectivity index (χ0v) is 13.9. The van der Waals surface area contributed by atoms with E-state index in [1.807, 2.05) is 16.7 Å². The van der Waals surface area contributed by atoms with Crippen molar-refractivity contribution in [1.29, 1.82) is 0 Å². The van der Waals surface area contributed by atoms with E-state index in [0.29, 0.717) is 5.95 Å². The second-order valence-electron chi connectivity index (χ2n) is 4.39. The van der Waals surface area contributed by atoms with Crippen molar-refractivity contribution >= 4 is 55.5 Å². The largest absolute Gasteiger partial charge is 0.369 e. The van der Waals surface area contributed by atoms with Gasteiger partial charge in [0.1, 0.15) is 0 Å². The molecule has 2 N–H and O–H groups in total. The van der Waals surface area contributed by atoms with E-state index >= 15 is 0 Å². The fraction of sp³-hybridized carbons (Fsp3) is 0.0714. The number of hydrogen-bond donors (Lipinski definition) is 1. The minimum absolute atomic E-state index is 0.501. The van der Waals surface area contributed by atoms with Crippen LogP contribution in [0.4, 0.5) is 5.95 Å². The molecule has 0 amide bonds. The first-order valence-corrected chi connectivity index (χ1v) is 7.63. The third kappa shape index (κ3) is 2.25. The van der Waals surface area contributed by atoms with Gasteiger partial charge in [-0.05, 0) is 81.3 Å². The van der Waals surface area contributed by atoms with Gasteiger partial charge < -0.3 is 5.73 Å². The van der Waals surface area contributed by atoms with E-state index in [1.165, 1.54) is 5.56 Å². The monoisotopic (exact) mass is 427 g/mol. The van der Waals surface area contributed by atoms with Gasteiger partial charge >= 0.3 is 0 Å². The minimum atomic E-state index is 0.501. The summed E-state index contributed by atoms with van der Waals surface area (Å²) in [6, 6.07) is 12.3. The van der Waals surface area contributed by atoms with Crippen molar-refractivity contribution in [3.05, 3.63) is 50.0 Å². The van der Waals surface area contributed by atoms with Crippen LogP contribution in [-0.2, 0) is 0 Å². The van der Waals surface area contributed by atoms with Gasteiger partial charge in [0.2, 0.25) is 5.95 Å². The number of rotatable bonds is 1. The highest BCUT2D eigenvalue weighted by Crippen LogP contribution is 2.29. The van der Waals surface area contributed by atoms with E-state index in [0.717, 1.165) is 24.8 Å². The third-order valence-electron chi connectivity index (χ3n) is 2.99. The van der Waals surface area contributed by atoms with Crippen molar-refractivity contribution in [2.45, 2.75) is 6.92 Å². The minimum Gasteiger partial charge on any atom is -0.369 e. The Balaban J connectivity index is 2.33. The summed E-state index contributed by atoms with van der Waals surface area (Å²) in [4.78, 5) is 4.43. The summed E-state index contributed by atoms with van der Waals surface area (Å²) in [6.45, 7) is 2.06. The Labute approximate surface area is 133 Å². The molecule has 0 aliphatic heterocycles. The number of benzene rings is 2. The van der Waals surface area contributed by atoms with Gasteiger partial charge in [0.25, 0.3) is 0 Å². The van der Waals surface area contributed by atoms with E-state index in [9.17, 15) is 0 Å². The quantitative estimate of drug-likeness (QED) is 0.589. The lowest BCUT2D eigenvalue weighted by atomic mass is 10.2. The van der Waals surface area contributed by atoms with Gasteiger partial charge in [-0.25, -0.2) is 4.98 Å². The summed E-state index contributed by atoms with van der Waals surface area (Å²) >= 11 is 5.87. The van der Waals surface area contributed by atoms with Crippen molar-refractivity contribution in [3.63, 3.8) is 0 Å². The van der Waals surface area contributed by atoms with E-state index in [2.05, 4.69) is 74.7 Å². The molecule has 0 unspecified atom stereocenters. The number of nitrogen functional groups attached to an aromatic ring is 1. The predicted molar refractivity (Wildman–Crippen MR) is 90.6 cm³/mol. The molecular formula is C14H11BrIN3. The van der Waals surface area contributed by atoms with E-state index in [-0.39, 0.29) is 0 Å². The van der Waals surface area contributed by atoms with Crippen LogP contribution in [0.3, 0.4) is 0 Å². The Bertz CT molecular complexity index is 780. The highest BCUT2D eigenvalue weighted by Gasteiger charge is 2.12. The Morgan fingerprint density at radius 3 is 2.74 bits per heavy atom. The summed E-state index contributed by atoms with van der Waals surface area (Å²) in [7, 11) is 0. The zero-order chi connectivity index (χ0) is 13.6. The van der Waals surface area contributed by atoms with Crippen molar-refractivity contribution in [2.24, 2.45) is 0 Å². The number of aryl methyl sites for hydroxylation is 1. The molecule has 0 bridgehead atoms. The molecule has 0 aliphatic carbocycles. The number of imidazole rings is 1. The number of fused-ring (bicyclic) bond motifs is 1.